The van der Waals surface area contributed by atoms with Crippen LogP contribution in [0.5, 0.6) is 0 Å². The molecule has 0 saturated heterocycles. The molecule has 0 aliphatic carbocycles. The first-order chi connectivity index (χ1) is 5.80. The molecule has 0 aromatic heterocycles. The Labute approximate surface area is 80.6 Å². The van der Waals surface area contributed by atoms with Crippen molar-refractivity contribution >= 4 is 5.91 Å². The van der Waals surface area contributed by atoms with Crippen LogP contribution in [-0.4, -0.2) is 30.4 Å². The third kappa shape index (κ3) is 3.59. The Morgan fingerprint density at radius 3 is 2.38 bits per heavy atom. The van der Waals surface area contributed by atoms with E-state index >= 15 is 0 Å². The summed E-state index contributed by atoms with van der Waals surface area (Å²) in [7, 11) is 1.73. The Morgan fingerprint density at radius 1 is 1.62 bits per heavy atom. The van der Waals surface area contributed by atoms with Crippen LogP contribution in [0.15, 0.2) is 12.7 Å². The van der Waals surface area contributed by atoms with Crippen molar-refractivity contribution in [3.05, 3.63) is 12.7 Å². The van der Waals surface area contributed by atoms with Crippen LogP contribution in [0.25, 0.3) is 0 Å². The molecule has 0 radical (unpaired) electrons. The van der Waals surface area contributed by atoms with Gasteiger partial charge in [0.15, 0.2) is 0 Å². The number of nitrogens with zero attached hydrogens (tertiary/aromatic N) is 1. The molecular formula is C10H20N2O. The topological polar surface area (TPSA) is 46.3 Å². The summed E-state index contributed by atoms with van der Waals surface area (Å²) < 4.78 is 0. The van der Waals surface area contributed by atoms with E-state index in [0.717, 1.165) is 0 Å². The average Bonchev–Trinajstić information content (AvgIpc) is 2.00. The van der Waals surface area contributed by atoms with Crippen molar-refractivity contribution in [2.75, 3.05) is 13.6 Å². The standard InChI is InChI=1S/C10H20N2O/c1-6-7-12(5)9(13)8(11)10(2,3)4/h6,8H,1,7,11H2,2-5H3/t8-/m0/s1. The first kappa shape index (κ1) is 12.2. The number of carbonyl (C=O) groups excluding carboxylic acids is 1. The fraction of sp³-hybridized carbons (Fsp3) is 0.700. The largest absolute Gasteiger partial charge is 0.341 e. The summed E-state index contributed by atoms with van der Waals surface area (Å²) in [5.41, 5.74) is 5.61. The molecule has 13 heavy (non-hydrogen) atoms. The van der Waals surface area contributed by atoms with Crippen LogP contribution in [0.3, 0.4) is 0 Å². The highest BCUT2D eigenvalue weighted by Gasteiger charge is 2.29. The molecule has 3 heteroatoms. The Morgan fingerprint density at radius 2 is 2.08 bits per heavy atom. The zero-order valence-electron chi connectivity index (χ0n) is 9.00. The summed E-state index contributed by atoms with van der Waals surface area (Å²) in [6.45, 7) is 9.98. The Kier molecular flexibility index (Phi) is 4.14. The lowest BCUT2D eigenvalue weighted by Crippen LogP contribution is -2.49. The van der Waals surface area contributed by atoms with Crippen molar-refractivity contribution < 1.29 is 4.79 Å². The average molecular weight is 184 g/mol. The van der Waals surface area contributed by atoms with Gasteiger partial charge in [0.1, 0.15) is 0 Å². The Bertz CT molecular complexity index is 194. The van der Waals surface area contributed by atoms with Crippen LogP contribution >= 0.6 is 0 Å². The van der Waals surface area contributed by atoms with Gasteiger partial charge in [-0.2, -0.15) is 0 Å². The summed E-state index contributed by atoms with van der Waals surface area (Å²) in [4.78, 5) is 13.2. The quantitative estimate of drug-likeness (QED) is 0.665. The number of carbonyl (C=O) groups is 1. The van der Waals surface area contributed by atoms with E-state index in [1.165, 1.54) is 0 Å². The van der Waals surface area contributed by atoms with E-state index in [2.05, 4.69) is 6.58 Å². The van der Waals surface area contributed by atoms with Crippen molar-refractivity contribution in [2.45, 2.75) is 26.8 Å². The van der Waals surface area contributed by atoms with Crippen LogP contribution in [0.4, 0.5) is 0 Å². The molecule has 0 bridgehead atoms. The van der Waals surface area contributed by atoms with Crippen LogP contribution in [0.1, 0.15) is 20.8 Å². The Hall–Kier alpha value is -0.830. The predicted octanol–water partition coefficient (Wildman–Crippen LogP) is 1.00. The number of amides is 1. The van der Waals surface area contributed by atoms with Gasteiger partial charge in [-0.3, -0.25) is 4.79 Å². The molecule has 2 N–H and O–H groups in total. The van der Waals surface area contributed by atoms with Gasteiger partial charge in [0.05, 0.1) is 6.04 Å². The third-order valence-electron chi connectivity index (χ3n) is 1.98. The predicted molar refractivity (Wildman–Crippen MR) is 55.3 cm³/mol. The summed E-state index contributed by atoms with van der Waals surface area (Å²) >= 11 is 0. The molecule has 76 valence electrons. The van der Waals surface area contributed by atoms with Crippen LogP contribution in [-0.2, 0) is 4.79 Å². The third-order valence-corrected chi connectivity index (χ3v) is 1.98. The van der Waals surface area contributed by atoms with E-state index in [0.29, 0.717) is 6.54 Å². The first-order valence-corrected chi connectivity index (χ1v) is 4.42. The second-order valence-corrected chi connectivity index (χ2v) is 4.35. The molecule has 1 amide bonds. The van der Waals surface area contributed by atoms with E-state index in [-0.39, 0.29) is 11.3 Å². The lowest BCUT2D eigenvalue weighted by molar-refractivity contribution is -0.133. The van der Waals surface area contributed by atoms with E-state index in [1.54, 1.807) is 18.0 Å². The van der Waals surface area contributed by atoms with E-state index in [9.17, 15) is 4.79 Å². The molecule has 0 aromatic carbocycles. The van der Waals surface area contributed by atoms with Crippen molar-refractivity contribution in [2.24, 2.45) is 11.1 Å². The molecule has 0 saturated carbocycles. The summed E-state index contributed by atoms with van der Waals surface area (Å²) in [6, 6.07) is -0.447. The molecule has 0 rings (SSSR count). The van der Waals surface area contributed by atoms with Gasteiger partial charge in [-0.15, -0.1) is 6.58 Å². The number of rotatable bonds is 3. The fourth-order valence-electron chi connectivity index (χ4n) is 0.891. The molecule has 1 atom stereocenters. The summed E-state index contributed by atoms with van der Waals surface area (Å²) in [6.07, 6.45) is 1.69. The molecule has 0 unspecified atom stereocenters. The van der Waals surface area contributed by atoms with Crippen molar-refractivity contribution in [3.63, 3.8) is 0 Å². The maximum Gasteiger partial charge on any atom is 0.240 e. The van der Waals surface area contributed by atoms with Gasteiger partial charge in [-0.1, -0.05) is 26.8 Å². The molecule has 0 aromatic rings. The van der Waals surface area contributed by atoms with Gasteiger partial charge in [0.25, 0.3) is 0 Å². The first-order valence-electron chi connectivity index (χ1n) is 4.42. The van der Waals surface area contributed by atoms with E-state index < -0.39 is 6.04 Å². The highest BCUT2D eigenvalue weighted by Crippen LogP contribution is 2.18. The zero-order chi connectivity index (χ0) is 10.6. The molecule has 0 spiro atoms. The molecule has 3 nitrogen and oxygen atoms in total. The zero-order valence-corrected chi connectivity index (χ0v) is 9.00. The smallest absolute Gasteiger partial charge is 0.240 e. The van der Waals surface area contributed by atoms with Crippen LogP contribution in [0, 0.1) is 5.41 Å². The second-order valence-electron chi connectivity index (χ2n) is 4.35. The summed E-state index contributed by atoms with van der Waals surface area (Å²) in [5, 5.41) is 0. The van der Waals surface area contributed by atoms with Crippen molar-refractivity contribution in [1.82, 2.24) is 4.90 Å². The lowest BCUT2D eigenvalue weighted by atomic mass is 9.86. The highest BCUT2D eigenvalue weighted by atomic mass is 16.2. The van der Waals surface area contributed by atoms with Gasteiger partial charge in [-0.05, 0) is 5.41 Å². The number of nitrogens with two attached hydrogens (primary N) is 1. The number of hydrogen-bond donors (Lipinski definition) is 1. The maximum atomic E-state index is 11.6. The number of likely N-dealkylation sites (N-methyl/N-ethyl adjacent to an activating group) is 1. The van der Waals surface area contributed by atoms with Gasteiger partial charge in [-0.25, -0.2) is 0 Å². The lowest BCUT2D eigenvalue weighted by Gasteiger charge is -2.29. The summed E-state index contributed by atoms with van der Waals surface area (Å²) in [5.74, 6) is -0.0348. The molecular weight excluding hydrogens is 164 g/mol. The fourth-order valence-corrected chi connectivity index (χ4v) is 0.891. The normalized spacial score (nSPS) is 13.6. The van der Waals surface area contributed by atoms with Gasteiger partial charge in [0, 0.05) is 13.6 Å². The molecule has 0 fully saturated rings. The Balaban J connectivity index is 4.34. The monoisotopic (exact) mass is 184 g/mol. The van der Waals surface area contributed by atoms with Crippen molar-refractivity contribution in [3.8, 4) is 0 Å². The highest BCUT2D eigenvalue weighted by molar-refractivity contribution is 5.82. The van der Waals surface area contributed by atoms with E-state index in [1.807, 2.05) is 20.8 Å². The minimum atomic E-state index is -0.447. The molecule has 0 heterocycles. The van der Waals surface area contributed by atoms with Crippen LogP contribution in [0.2, 0.25) is 0 Å². The minimum absolute atomic E-state index is 0.0348. The SMILES string of the molecule is C=CCN(C)C(=O)[C@H](N)C(C)(C)C. The van der Waals surface area contributed by atoms with Gasteiger partial charge >= 0.3 is 0 Å². The van der Waals surface area contributed by atoms with Crippen LogP contribution < -0.4 is 5.73 Å². The van der Waals surface area contributed by atoms with E-state index in [4.69, 9.17) is 5.73 Å². The second kappa shape index (κ2) is 4.42. The van der Waals surface area contributed by atoms with Gasteiger partial charge < -0.3 is 10.6 Å². The van der Waals surface area contributed by atoms with Gasteiger partial charge in [0.2, 0.25) is 5.91 Å². The minimum Gasteiger partial charge on any atom is -0.341 e. The maximum absolute atomic E-state index is 11.6. The number of hydrogen-bond acceptors (Lipinski definition) is 2. The van der Waals surface area contributed by atoms with Crippen molar-refractivity contribution in [1.29, 1.82) is 0 Å². The molecule has 0 aliphatic heterocycles. The molecule has 0 aliphatic rings.